The Bertz CT molecular complexity index is 638. The summed E-state index contributed by atoms with van der Waals surface area (Å²) in [7, 11) is 0. The van der Waals surface area contributed by atoms with Crippen LogP contribution in [0.1, 0.15) is 42.5 Å². The maximum Gasteiger partial charge on any atom is 0.252 e. The van der Waals surface area contributed by atoms with E-state index in [1.54, 1.807) is 12.3 Å². The number of nitrogens with one attached hydrogen (secondary N) is 1. The third-order valence-corrected chi connectivity index (χ3v) is 5.24. The number of nitrogens with zero attached hydrogens (tertiary/aromatic N) is 1. The zero-order chi connectivity index (χ0) is 14.7. The second kappa shape index (κ2) is 6.56. The maximum absolute atomic E-state index is 12.6. The number of hydrogen-bond acceptors (Lipinski definition) is 2. The van der Waals surface area contributed by atoms with Crippen LogP contribution in [0.5, 0.6) is 0 Å². The van der Waals surface area contributed by atoms with Crippen molar-refractivity contribution in [1.82, 2.24) is 10.3 Å². The van der Waals surface area contributed by atoms with E-state index >= 15 is 0 Å². The molecule has 21 heavy (non-hydrogen) atoms. The zero-order valence-electron chi connectivity index (χ0n) is 11.9. The van der Waals surface area contributed by atoms with E-state index in [2.05, 4.69) is 26.2 Å². The summed E-state index contributed by atoms with van der Waals surface area (Å²) in [6.45, 7) is 0. The minimum Gasteiger partial charge on any atom is -0.348 e. The van der Waals surface area contributed by atoms with E-state index < -0.39 is 0 Å². The SMILES string of the molecule is O=C(NC1CCCCCC1Br)c1ccnc2ccccc12. The highest BCUT2D eigenvalue weighted by molar-refractivity contribution is 9.09. The standard InChI is InChI=1S/C17H19BrN2O/c18-14-7-2-1-3-9-16(14)20-17(21)13-10-11-19-15-8-5-4-6-12(13)15/h4-6,8,10-11,14,16H,1-3,7,9H2,(H,20,21). The maximum atomic E-state index is 12.6. The normalized spacial score (nSPS) is 22.7. The van der Waals surface area contributed by atoms with Crippen LogP contribution in [0.15, 0.2) is 36.5 Å². The van der Waals surface area contributed by atoms with E-state index in [0.717, 1.165) is 23.7 Å². The van der Waals surface area contributed by atoms with E-state index in [4.69, 9.17) is 0 Å². The molecule has 1 fully saturated rings. The van der Waals surface area contributed by atoms with Gasteiger partial charge in [0.25, 0.3) is 5.91 Å². The average molecular weight is 347 g/mol. The van der Waals surface area contributed by atoms with Gasteiger partial charge in [0.2, 0.25) is 0 Å². The number of halogens is 1. The molecule has 1 aromatic carbocycles. The second-order valence-electron chi connectivity index (χ2n) is 5.61. The van der Waals surface area contributed by atoms with Crippen LogP contribution < -0.4 is 5.32 Å². The first-order chi connectivity index (χ1) is 10.3. The molecule has 0 aliphatic heterocycles. The van der Waals surface area contributed by atoms with Gasteiger partial charge >= 0.3 is 0 Å². The molecule has 0 spiro atoms. The van der Waals surface area contributed by atoms with Crippen LogP contribution in [0.2, 0.25) is 0 Å². The first-order valence-electron chi connectivity index (χ1n) is 7.54. The molecule has 0 saturated heterocycles. The van der Waals surface area contributed by atoms with Gasteiger partial charge < -0.3 is 5.32 Å². The Balaban J connectivity index is 1.83. The third-order valence-electron chi connectivity index (χ3n) is 4.14. The summed E-state index contributed by atoms with van der Waals surface area (Å²) in [5.41, 5.74) is 1.57. The molecule has 1 aromatic heterocycles. The Morgan fingerprint density at radius 1 is 1.14 bits per heavy atom. The van der Waals surface area contributed by atoms with Crippen molar-refractivity contribution >= 4 is 32.7 Å². The number of rotatable bonds is 2. The van der Waals surface area contributed by atoms with Crippen LogP contribution >= 0.6 is 15.9 Å². The number of hydrogen-bond donors (Lipinski definition) is 1. The molecular weight excluding hydrogens is 328 g/mol. The van der Waals surface area contributed by atoms with Gasteiger partial charge in [-0.15, -0.1) is 0 Å². The smallest absolute Gasteiger partial charge is 0.252 e. The summed E-state index contributed by atoms with van der Waals surface area (Å²) in [6.07, 6.45) is 7.56. The topological polar surface area (TPSA) is 42.0 Å². The van der Waals surface area contributed by atoms with Gasteiger partial charge in [-0.3, -0.25) is 9.78 Å². The van der Waals surface area contributed by atoms with Crippen molar-refractivity contribution in [2.45, 2.75) is 43.0 Å². The Morgan fingerprint density at radius 3 is 2.86 bits per heavy atom. The summed E-state index contributed by atoms with van der Waals surface area (Å²) in [5, 5.41) is 4.12. The van der Waals surface area contributed by atoms with Gasteiger partial charge in [0.05, 0.1) is 11.1 Å². The Labute approximate surface area is 133 Å². The van der Waals surface area contributed by atoms with Crippen LogP contribution in [0.4, 0.5) is 0 Å². The number of benzene rings is 1. The van der Waals surface area contributed by atoms with Gasteiger partial charge in [0.15, 0.2) is 0 Å². The molecule has 3 rings (SSSR count). The number of aromatic nitrogens is 1. The minimum absolute atomic E-state index is 0.00458. The number of para-hydroxylation sites is 1. The first kappa shape index (κ1) is 14.5. The average Bonchev–Trinajstić information content (AvgIpc) is 2.71. The number of fused-ring (bicyclic) bond motifs is 1. The van der Waals surface area contributed by atoms with Crippen molar-refractivity contribution in [2.75, 3.05) is 0 Å². The molecule has 1 aliphatic carbocycles. The van der Waals surface area contributed by atoms with Gasteiger partial charge in [-0.05, 0) is 25.0 Å². The van der Waals surface area contributed by atoms with Crippen LogP contribution in [0.3, 0.4) is 0 Å². The van der Waals surface area contributed by atoms with Crippen molar-refractivity contribution in [3.63, 3.8) is 0 Å². The lowest BCUT2D eigenvalue weighted by atomic mass is 10.1. The lowest BCUT2D eigenvalue weighted by Crippen LogP contribution is -2.40. The number of alkyl halides is 1. The molecule has 1 N–H and O–H groups in total. The molecule has 110 valence electrons. The highest BCUT2D eigenvalue weighted by Crippen LogP contribution is 2.24. The lowest BCUT2D eigenvalue weighted by Gasteiger charge is -2.21. The Hall–Kier alpha value is -1.42. The molecule has 2 aromatic rings. The molecule has 2 atom stereocenters. The van der Waals surface area contributed by atoms with Crippen molar-refractivity contribution in [3.8, 4) is 0 Å². The Kier molecular flexibility index (Phi) is 4.54. The summed E-state index contributed by atoms with van der Waals surface area (Å²) in [5.74, 6) is 0.00458. The summed E-state index contributed by atoms with van der Waals surface area (Å²) in [4.78, 5) is 17.3. The van der Waals surface area contributed by atoms with E-state index in [9.17, 15) is 4.79 Å². The van der Waals surface area contributed by atoms with E-state index in [-0.39, 0.29) is 11.9 Å². The minimum atomic E-state index is 0.00458. The molecule has 1 heterocycles. The quantitative estimate of drug-likeness (QED) is 0.658. The summed E-state index contributed by atoms with van der Waals surface area (Å²) < 4.78 is 0. The number of carbonyl (C=O) groups excluding carboxylic acids is 1. The molecule has 1 saturated carbocycles. The largest absolute Gasteiger partial charge is 0.348 e. The lowest BCUT2D eigenvalue weighted by molar-refractivity contribution is 0.0936. The predicted molar refractivity (Wildman–Crippen MR) is 88.8 cm³/mol. The van der Waals surface area contributed by atoms with Gasteiger partial charge in [-0.1, -0.05) is 53.4 Å². The van der Waals surface area contributed by atoms with Crippen molar-refractivity contribution < 1.29 is 4.79 Å². The highest BCUT2D eigenvalue weighted by atomic mass is 79.9. The third kappa shape index (κ3) is 3.26. The monoisotopic (exact) mass is 346 g/mol. The van der Waals surface area contributed by atoms with Crippen molar-refractivity contribution in [2.24, 2.45) is 0 Å². The number of amides is 1. The van der Waals surface area contributed by atoms with Crippen LogP contribution in [-0.4, -0.2) is 21.8 Å². The molecule has 2 unspecified atom stereocenters. The fraction of sp³-hybridized carbons (Fsp3) is 0.412. The highest BCUT2D eigenvalue weighted by Gasteiger charge is 2.23. The van der Waals surface area contributed by atoms with Gasteiger partial charge in [-0.2, -0.15) is 0 Å². The molecule has 0 radical (unpaired) electrons. The van der Waals surface area contributed by atoms with E-state index in [0.29, 0.717) is 10.4 Å². The fourth-order valence-corrected chi connectivity index (χ4v) is 3.69. The molecule has 3 nitrogen and oxygen atoms in total. The van der Waals surface area contributed by atoms with E-state index in [1.165, 1.54) is 19.3 Å². The Morgan fingerprint density at radius 2 is 1.95 bits per heavy atom. The van der Waals surface area contributed by atoms with Gasteiger partial charge in [0.1, 0.15) is 0 Å². The number of pyridine rings is 1. The summed E-state index contributed by atoms with van der Waals surface area (Å²) in [6, 6.07) is 9.79. The predicted octanol–water partition coefficient (Wildman–Crippen LogP) is 4.06. The van der Waals surface area contributed by atoms with E-state index in [1.807, 2.05) is 24.3 Å². The molecule has 0 bridgehead atoms. The zero-order valence-corrected chi connectivity index (χ0v) is 13.5. The van der Waals surface area contributed by atoms with Crippen molar-refractivity contribution in [3.05, 3.63) is 42.1 Å². The second-order valence-corrected chi connectivity index (χ2v) is 6.79. The van der Waals surface area contributed by atoms with Crippen LogP contribution in [0, 0.1) is 0 Å². The molecular formula is C17H19BrN2O. The van der Waals surface area contributed by atoms with Crippen LogP contribution in [-0.2, 0) is 0 Å². The first-order valence-corrected chi connectivity index (χ1v) is 8.46. The van der Waals surface area contributed by atoms with Crippen molar-refractivity contribution in [1.29, 1.82) is 0 Å². The van der Waals surface area contributed by atoms with Gasteiger partial charge in [-0.25, -0.2) is 0 Å². The molecule has 1 amide bonds. The molecule has 1 aliphatic rings. The fourth-order valence-electron chi connectivity index (χ4n) is 2.96. The van der Waals surface area contributed by atoms with Gasteiger partial charge in [0, 0.05) is 22.5 Å². The number of carbonyl (C=O) groups is 1. The van der Waals surface area contributed by atoms with Crippen LogP contribution in [0.25, 0.3) is 10.9 Å². The summed E-state index contributed by atoms with van der Waals surface area (Å²) >= 11 is 3.73. The molecule has 4 heteroatoms.